The van der Waals surface area contributed by atoms with E-state index in [4.69, 9.17) is 16.3 Å². The molecule has 1 aromatic carbocycles. The number of carbonyl (C=O) groups is 3. The largest absolute Gasteiger partial charge is 0.465 e. The number of thioether (sulfide) groups is 1. The Balaban J connectivity index is 1.66. The summed E-state index contributed by atoms with van der Waals surface area (Å²) in [7, 11) is 0. The van der Waals surface area contributed by atoms with Crippen molar-refractivity contribution in [1.29, 1.82) is 0 Å². The molecule has 0 aliphatic carbocycles. The number of halogens is 1. The molecule has 0 radical (unpaired) electrons. The van der Waals surface area contributed by atoms with Crippen molar-refractivity contribution in [3.63, 3.8) is 0 Å². The van der Waals surface area contributed by atoms with Gasteiger partial charge in [-0.05, 0) is 44.7 Å². The van der Waals surface area contributed by atoms with Crippen molar-refractivity contribution in [3.8, 4) is 0 Å². The first-order valence-corrected chi connectivity index (χ1v) is 13.6. The van der Waals surface area contributed by atoms with Gasteiger partial charge in [-0.3, -0.25) is 14.4 Å². The number of allylic oxidation sites excluding steroid dienone is 1. The van der Waals surface area contributed by atoms with Crippen LogP contribution < -0.4 is 4.90 Å². The Hall–Kier alpha value is -2.29. The van der Waals surface area contributed by atoms with E-state index < -0.39 is 33.3 Å². The minimum Gasteiger partial charge on any atom is -0.465 e. The van der Waals surface area contributed by atoms with Crippen LogP contribution in [0, 0.1) is 18.8 Å². The minimum atomic E-state index is -0.949. The first kappa shape index (κ1) is 25.4. The van der Waals surface area contributed by atoms with E-state index in [0.29, 0.717) is 30.3 Å². The summed E-state index contributed by atoms with van der Waals surface area (Å²) in [6, 6.07) is 4.66. The number of carbonyl (C=O) groups excluding carboxylic acids is 3. The molecule has 192 valence electrons. The van der Waals surface area contributed by atoms with E-state index in [9.17, 15) is 19.5 Å². The Labute approximate surface area is 220 Å². The molecular weight excluding hydrogens is 500 g/mol. The molecule has 36 heavy (non-hydrogen) atoms. The van der Waals surface area contributed by atoms with Gasteiger partial charge in [0, 0.05) is 24.4 Å². The topological polar surface area (TPSA) is 87.2 Å². The molecule has 1 spiro atoms. The number of benzene rings is 1. The van der Waals surface area contributed by atoms with Gasteiger partial charge in [-0.25, -0.2) is 0 Å². The molecule has 4 heterocycles. The van der Waals surface area contributed by atoms with E-state index in [2.05, 4.69) is 6.08 Å². The lowest BCUT2D eigenvalue weighted by Crippen LogP contribution is -2.53. The summed E-state index contributed by atoms with van der Waals surface area (Å²) in [4.78, 5) is 45.1. The van der Waals surface area contributed by atoms with Crippen molar-refractivity contribution < 1.29 is 24.2 Å². The number of aliphatic hydroxyl groups is 1. The number of aryl methyl sites for hydroxylation is 1. The second-order valence-electron chi connectivity index (χ2n) is 10.1. The number of hydrogen-bond donors (Lipinski definition) is 1. The summed E-state index contributed by atoms with van der Waals surface area (Å²) in [6.07, 6.45) is 9.83. The van der Waals surface area contributed by atoms with Gasteiger partial charge in [0.05, 0.1) is 33.9 Å². The lowest BCUT2D eigenvalue weighted by atomic mass is 9.74. The Morgan fingerprint density at radius 3 is 2.72 bits per heavy atom. The number of cyclic esters (lactones) is 1. The Morgan fingerprint density at radius 1 is 1.17 bits per heavy atom. The van der Waals surface area contributed by atoms with Crippen molar-refractivity contribution in [1.82, 2.24) is 4.90 Å². The number of para-hydroxylation sites is 1. The van der Waals surface area contributed by atoms with Crippen molar-refractivity contribution in [2.24, 2.45) is 11.8 Å². The van der Waals surface area contributed by atoms with Gasteiger partial charge >= 0.3 is 5.97 Å². The molecule has 5 rings (SSSR count). The number of esters is 1. The van der Waals surface area contributed by atoms with Crippen LogP contribution in [0.15, 0.2) is 42.5 Å². The number of amides is 2. The molecule has 2 amide bonds. The Bertz CT molecular complexity index is 1130. The molecule has 0 aromatic heterocycles. The van der Waals surface area contributed by atoms with E-state index in [0.717, 1.165) is 18.4 Å². The van der Waals surface area contributed by atoms with Gasteiger partial charge in [-0.2, -0.15) is 0 Å². The van der Waals surface area contributed by atoms with Gasteiger partial charge in [0.15, 0.2) is 0 Å². The number of hydrogen-bond acceptors (Lipinski definition) is 6. The second-order valence-corrected chi connectivity index (χ2v) is 12.3. The fraction of sp³-hybridized carbons (Fsp3) is 0.519. The average molecular weight is 531 g/mol. The molecule has 4 aliphatic heterocycles. The van der Waals surface area contributed by atoms with Crippen molar-refractivity contribution in [2.75, 3.05) is 31.2 Å². The zero-order valence-electron chi connectivity index (χ0n) is 20.5. The number of nitrogens with zero attached hydrogens (tertiary/aromatic N) is 2. The van der Waals surface area contributed by atoms with Crippen LogP contribution in [-0.4, -0.2) is 69.6 Å². The summed E-state index contributed by atoms with van der Waals surface area (Å²) in [5.41, 5.74) is 1.48. The summed E-state index contributed by atoms with van der Waals surface area (Å²) in [6.45, 7) is 4.60. The third kappa shape index (κ3) is 3.80. The highest BCUT2D eigenvalue weighted by Crippen LogP contribution is 2.65. The molecule has 4 aliphatic rings. The van der Waals surface area contributed by atoms with Crippen LogP contribution in [-0.2, 0) is 19.1 Å². The van der Waals surface area contributed by atoms with Crippen molar-refractivity contribution >= 4 is 46.8 Å². The number of aliphatic hydroxyl groups excluding tert-OH is 1. The van der Waals surface area contributed by atoms with E-state index in [1.54, 1.807) is 15.9 Å². The predicted molar refractivity (Wildman–Crippen MR) is 140 cm³/mol. The van der Waals surface area contributed by atoms with Crippen LogP contribution in [0.3, 0.4) is 0 Å². The lowest BCUT2D eigenvalue weighted by molar-refractivity contribution is -0.154. The maximum absolute atomic E-state index is 14.4. The number of likely N-dealkylation sites (tertiary alicyclic amines) is 1. The van der Waals surface area contributed by atoms with E-state index in [-0.39, 0.29) is 25.0 Å². The van der Waals surface area contributed by atoms with Gasteiger partial charge in [0.2, 0.25) is 5.91 Å². The normalized spacial score (nSPS) is 34.8. The molecule has 5 atom stereocenters. The fourth-order valence-electron chi connectivity index (χ4n) is 6.28. The quantitative estimate of drug-likeness (QED) is 0.473. The molecule has 7 nitrogen and oxygen atoms in total. The van der Waals surface area contributed by atoms with Gasteiger partial charge in [-0.1, -0.05) is 48.0 Å². The van der Waals surface area contributed by atoms with Gasteiger partial charge in [0.1, 0.15) is 6.04 Å². The highest BCUT2D eigenvalue weighted by Gasteiger charge is 2.73. The molecule has 0 saturated carbocycles. The van der Waals surface area contributed by atoms with Gasteiger partial charge in [0.25, 0.3) is 5.91 Å². The van der Waals surface area contributed by atoms with Crippen molar-refractivity contribution in [2.45, 2.75) is 48.6 Å². The first-order chi connectivity index (χ1) is 17.2. The summed E-state index contributed by atoms with van der Waals surface area (Å²) in [5.74, 6) is -2.34. The zero-order chi connectivity index (χ0) is 25.7. The molecule has 0 bridgehead atoms. The molecule has 2 fully saturated rings. The van der Waals surface area contributed by atoms with Crippen LogP contribution >= 0.6 is 23.4 Å². The van der Waals surface area contributed by atoms with E-state index >= 15 is 0 Å². The van der Waals surface area contributed by atoms with Gasteiger partial charge in [-0.15, -0.1) is 11.8 Å². The number of fused-ring (bicyclic) bond motifs is 2. The molecule has 1 unspecified atom stereocenters. The zero-order valence-corrected chi connectivity index (χ0v) is 22.1. The van der Waals surface area contributed by atoms with E-state index in [1.807, 2.05) is 44.2 Å². The van der Waals surface area contributed by atoms with Crippen LogP contribution in [0.2, 0.25) is 5.02 Å². The minimum absolute atomic E-state index is 0.107. The Morgan fingerprint density at radius 2 is 1.97 bits per heavy atom. The van der Waals surface area contributed by atoms with Crippen molar-refractivity contribution in [3.05, 3.63) is 53.1 Å². The summed E-state index contributed by atoms with van der Waals surface area (Å²) in [5, 5.41) is 10.0. The maximum atomic E-state index is 14.4. The lowest BCUT2D eigenvalue weighted by Gasteiger charge is -2.37. The number of ether oxygens (including phenoxy) is 1. The fourth-order valence-corrected chi connectivity index (χ4v) is 8.76. The summed E-state index contributed by atoms with van der Waals surface area (Å²) >= 11 is 8.09. The highest BCUT2D eigenvalue weighted by molar-refractivity contribution is 8.02. The van der Waals surface area contributed by atoms with Crippen LogP contribution in [0.25, 0.3) is 0 Å². The maximum Gasteiger partial charge on any atom is 0.311 e. The third-order valence-electron chi connectivity index (χ3n) is 7.77. The summed E-state index contributed by atoms with van der Waals surface area (Å²) < 4.78 is 3.98. The molecule has 1 aromatic rings. The molecular formula is C27H31ClN2O5S. The Kier molecular flexibility index (Phi) is 6.72. The third-order valence-corrected chi connectivity index (χ3v) is 9.87. The van der Waals surface area contributed by atoms with E-state index in [1.165, 1.54) is 11.8 Å². The molecule has 2 saturated heterocycles. The standard InChI is InChI=1S/C27H31ClN2O5S/c1-17-9-6-10-18(28)21(17)29-13-7-12-27-19(23(32)30(14-8-15-31)22(27)24(29)33)20-25(34)35-16-5-3-4-11-26(20,2)36-27/h4,6-7,9-12,19-20,22,31H,3,5,8,13-16H2,1-2H3/b11-4-/t19-,20-,22?,26+,27-/m0/s1. The monoisotopic (exact) mass is 530 g/mol. The molecule has 9 heteroatoms. The smallest absolute Gasteiger partial charge is 0.311 e. The number of anilines is 1. The van der Waals surface area contributed by atoms with Gasteiger partial charge < -0.3 is 19.6 Å². The average Bonchev–Trinajstić information content (AvgIpc) is 3.18. The first-order valence-electron chi connectivity index (χ1n) is 12.5. The van der Waals surface area contributed by atoms with Crippen LogP contribution in [0.5, 0.6) is 0 Å². The highest BCUT2D eigenvalue weighted by atomic mass is 35.5. The number of rotatable bonds is 4. The SMILES string of the molecule is Cc1cccc(Cl)c1N1CC=C[C@]23S[C@]4(C)/C=C\CCCOC(=O)[C@@H]4[C@H]2C(=O)N(CCCO)C3C1=O. The second kappa shape index (κ2) is 9.54. The molecule has 1 N–H and O–H groups in total. The predicted octanol–water partition coefficient (Wildman–Crippen LogP) is 3.51. The van der Waals surface area contributed by atoms with Crippen LogP contribution in [0.4, 0.5) is 5.69 Å². The van der Waals surface area contributed by atoms with Crippen LogP contribution in [0.1, 0.15) is 31.7 Å².